The normalized spacial score (nSPS) is 20.0. The van der Waals surface area contributed by atoms with E-state index in [0.29, 0.717) is 11.8 Å². The van der Waals surface area contributed by atoms with Crippen molar-refractivity contribution in [3.05, 3.63) is 113 Å². The molecule has 0 unspecified atom stereocenters. The summed E-state index contributed by atoms with van der Waals surface area (Å²) < 4.78 is 0. The molecule has 3 aromatic rings. The van der Waals surface area contributed by atoms with Gasteiger partial charge in [0.1, 0.15) is 0 Å². The monoisotopic (exact) mass is 330 g/mol. The molecule has 1 aliphatic rings. The lowest BCUT2D eigenvalue weighted by Gasteiger charge is -2.20. The Balaban J connectivity index is 1.75. The Kier molecular flexibility index (Phi) is 4.23. The summed E-state index contributed by atoms with van der Waals surface area (Å²) in [6, 6.07) is 29.9. The highest BCUT2D eigenvalue weighted by molar-refractivity contribution is 6.30. The highest BCUT2D eigenvalue weighted by atomic mass is 35.5. The summed E-state index contributed by atoms with van der Waals surface area (Å²) >= 11 is 6.08. The number of hydrogen-bond donors (Lipinski definition) is 0. The van der Waals surface area contributed by atoms with Gasteiger partial charge in [-0.25, -0.2) is 0 Å². The van der Waals surface area contributed by atoms with E-state index in [4.69, 9.17) is 11.6 Å². The average molecular weight is 331 g/mol. The fourth-order valence-electron chi connectivity index (χ4n) is 3.67. The van der Waals surface area contributed by atoms with Gasteiger partial charge in [0.15, 0.2) is 0 Å². The van der Waals surface area contributed by atoms with E-state index in [0.717, 1.165) is 11.4 Å². The van der Waals surface area contributed by atoms with Crippen LogP contribution in [0, 0.1) is 0 Å². The molecule has 0 nitrogen and oxygen atoms in total. The van der Waals surface area contributed by atoms with E-state index in [9.17, 15) is 0 Å². The largest absolute Gasteiger partial charge is 0.0843 e. The molecular formula is C23H19Cl. The molecule has 24 heavy (non-hydrogen) atoms. The third kappa shape index (κ3) is 3.02. The van der Waals surface area contributed by atoms with Crippen molar-refractivity contribution in [2.75, 3.05) is 0 Å². The molecule has 0 heterocycles. The van der Waals surface area contributed by atoms with Crippen LogP contribution >= 0.6 is 11.6 Å². The predicted molar refractivity (Wildman–Crippen MR) is 102 cm³/mol. The van der Waals surface area contributed by atoms with Gasteiger partial charge in [-0.15, -0.1) is 0 Å². The van der Waals surface area contributed by atoms with Gasteiger partial charge in [-0.05, 0) is 46.7 Å². The van der Waals surface area contributed by atoms with Crippen LogP contribution in [0.2, 0.25) is 5.02 Å². The molecule has 3 aromatic carbocycles. The van der Waals surface area contributed by atoms with Crippen molar-refractivity contribution in [3.63, 3.8) is 0 Å². The van der Waals surface area contributed by atoms with Crippen LogP contribution in [0.15, 0.2) is 91.0 Å². The Labute approximate surface area is 148 Å². The van der Waals surface area contributed by atoms with Crippen molar-refractivity contribution in [1.82, 2.24) is 0 Å². The Bertz CT molecular complexity index is 832. The minimum atomic E-state index is 0.389. The Morgan fingerprint density at radius 2 is 1.29 bits per heavy atom. The lowest BCUT2D eigenvalue weighted by Crippen LogP contribution is -2.05. The standard InChI is InChI=1S/C23H19Cl/c24-21-13-11-19(12-14-21)23-16-20(17-7-3-1-4-8-17)15-22(23)18-9-5-2-6-10-18/h1-14,16,22-23H,15H2/t22-,23+/m0/s1. The number of rotatable bonds is 3. The average Bonchev–Trinajstić information content (AvgIpc) is 3.09. The van der Waals surface area contributed by atoms with Crippen molar-refractivity contribution in [2.24, 2.45) is 0 Å². The van der Waals surface area contributed by atoms with Gasteiger partial charge >= 0.3 is 0 Å². The molecule has 4 rings (SSSR count). The summed E-state index contributed by atoms with van der Waals surface area (Å²) in [6.07, 6.45) is 3.51. The van der Waals surface area contributed by atoms with Crippen LogP contribution in [-0.2, 0) is 0 Å². The molecule has 0 aromatic heterocycles. The topological polar surface area (TPSA) is 0 Å². The van der Waals surface area contributed by atoms with Crippen molar-refractivity contribution in [1.29, 1.82) is 0 Å². The van der Waals surface area contributed by atoms with Gasteiger partial charge in [0.05, 0.1) is 0 Å². The summed E-state index contributed by atoms with van der Waals surface area (Å²) in [4.78, 5) is 0. The predicted octanol–water partition coefficient (Wildman–Crippen LogP) is 6.69. The molecule has 0 radical (unpaired) electrons. The van der Waals surface area contributed by atoms with Crippen molar-refractivity contribution >= 4 is 17.2 Å². The first-order valence-corrected chi connectivity index (χ1v) is 8.75. The molecule has 0 saturated carbocycles. The third-order valence-electron chi connectivity index (χ3n) is 4.88. The van der Waals surface area contributed by atoms with Gasteiger partial charge in [-0.2, -0.15) is 0 Å². The van der Waals surface area contributed by atoms with Crippen LogP contribution < -0.4 is 0 Å². The fraction of sp³-hybridized carbons (Fsp3) is 0.130. The molecule has 118 valence electrons. The van der Waals surface area contributed by atoms with Crippen molar-refractivity contribution < 1.29 is 0 Å². The first-order chi connectivity index (χ1) is 11.8. The van der Waals surface area contributed by atoms with E-state index in [-0.39, 0.29) is 0 Å². The van der Waals surface area contributed by atoms with E-state index < -0.39 is 0 Å². The summed E-state index contributed by atoms with van der Waals surface area (Å²) in [5.41, 5.74) is 5.50. The molecule has 0 N–H and O–H groups in total. The molecular weight excluding hydrogens is 312 g/mol. The van der Waals surface area contributed by atoms with Crippen LogP contribution in [0.1, 0.15) is 34.9 Å². The zero-order chi connectivity index (χ0) is 16.4. The highest BCUT2D eigenvalue weighted by Crippen LogP contribution is 2.47. The maximum atomic E-state index is 6.08. The number of allylic oxidation sites excluding steroid dienone is 2. The smallest absolute Gasteiger partial charge is 0.0406 e. The van der Waals surface area contributed by atoms with E-state index in [1.54, 1.807) is 0 Å². The second-order valence-corrected chi connectivity index (χ2v) is 6.79. The second-order valence-electron chi connectivity index (χ2n) is 6.36. The van der Waals surface area contributed by atoms with Gasteiger partial charge in [-0.3, -0.25) is 0 Å². The zero-order valence-electron chi connectivity index (χ0n) is 13.4. The zero-order valence-corrected chi connectivity index (χ0v) is 14.2. The van der Waals surface area contributed by atoms with Gasteiger partial charge in [0, 0.05) is 10.9 Å². The summed E-state index contributed by atoms with van der Waals surface area (Å²) in [6.45, 7) is 0. The molecule has 0 fully saturated rings. The third-order valence-corrected chi connectivity index (χ3v) is 5.13. The molecule has 0 bridgehead atoms. The fourth-order valence-corrected chi connectivity index (χ4v) is 3.80. The van der Waals surface area contributed by atoms with Crippen LogP contribution in [0.25, 0.3) is 5.57 Å². The quantitative estimate of drug-likeness (QED) is 0.501. The first-order valence-electron chi connectivity index (χ1n) is 8.38. The lowest BCUT2D eigenvalue weighted by molar-refractivity contribution is 0.668. The van der Waals surface area contributed by atoms with E-state index in [1.807, 2.05) is 12.1 Å². The number of benzene rings is 3. The van der Waals surface area contributed by atoms with Crippen molar-refractivity contribution in [2.45, 2.75) is 18.3 Å². The Morgan fingerprint density at radius 1 is 0.667 bits per heavy atom. The summed E-state index contributed by atoms with van der Waals surface area (Å²) in [5.74, 6) is 0.863. The van der Waals surface area contributed by atoms with Gasteiger partial charge in [0.2, 0.25) is 0 Å². The van der Waals surface area contributed by atoms with Crippen LogP contribution in [-0.4, -0.2) is 0 Å². The molecule has 1 aliphatic carbocycles. The van der Waals surface area contributed by atoms with Crippen LogP contribution in [0.3, 0.4) is 0 Å². The molecule has 1 heteroatoms. The SMILES string of the molecule is Clc1ccc([C@H]2C=C(c3ccccc3)C[C@H]2c2ccccc2)cc1. The van der Waals surface area contributed by atoms with E-state index in [1.165, 1.54) is 22.3 Å². The van der Waals surface area contributed by atoms with Gasteiger partial charge in [-0.1, -0.05) is 90.5 Å². The molecule has 0 amide bonds. The minimum Gasteiger partial charge on any atom is -0.0843 e. The summed E-state index contributed by atoms with van der Waals surface area (Å²) in [5, 5.41) is 0.792. The molecule has 0 saturated heterocycles. The van der Waals surface area contributed by atoms with E-state index >= 15 is 0 Å². The summed E-state index contributed by atoms with van der Waals surface area (Å²) in [7, 11) is 0. The maximum absolute atomic E-state index is 6.08. The maximum Gasteiger partial charge on any atom is 0.0406 e. The number of halogens is 1. The Hall–Kier alpha value is -2.31. The highest BCUT2D eigenvalue weighted by Gasteiger charge is 2.30. The number of hydrogen-bond acceptors (Lipinski definition) is 0. The van der Waals surface area contributed by atoms with Gasteiger partial charge < -0.3 is 0 Å². The van der Waals surface area contributed by atoms with Crippen LogP contribution in [0.5, 0.6) is 0 Å². The minimum absolute atomic E-state index is 0.389. The second kappa shape index (κ2) is 6.67. The molecule has 0 aliphatic heterocycles. The van der Waals surface area contributed by atoms with Gasteiger partial charge in [0.25, 0.3) is 0 Å². The lowest BCUT2D eigenvalue weighted by atomic mass is 9.83. The molecule has 0 spiro atoms. The van der Waals surface area contributed by atoms with Crippen LogP contribution in [0.4, 0.5) is 0 Å². The Morgan fingerprint density at radius 3 is 1.96 bits per heavy atom. The van der Waals surface area contributed by atoms with Crippen molar-refractivity contribution in [3.8, 4) is 0 Å². The molecule has 2 atom stereocenters. The van der Waals surface area contributed by atoms with E-state index in [2.05, 4.69) is 78.9 Å². The first kappa shape index (κ1) is 15.2.